The van der Waals surface area contributed by atoms with E-state index >= 15 is 0 Å². The van der Waals surface area contributed by atoms with Crippen LogP contribution in [0.15, 0.2) is 17.1 Å². The molecule has 0 radical (unpaired) electrons. The molecule has 2 rings (SSSR count). The van der Waals surface area contributed by atoms with E-state index in [1.807, 2.05) is 11.3 Å². The van der Waals surface area contributed by atoms with E-state index in [4.69, 9.17) is 4.99 Å². The summed E-state index contributed by atoms with van der Waals surface area (Å²) < 4.78 is 0. The van der Waals surface area contributed by atoms with Gasteiger partial charge < -0.3 is 20.4 Å². The van der Waals surface area contributed by atoms with Crippen LogP contribution in [0.3, 0.4) is 0 Å². The summed E-state index contributed by atoms with van der Waals surface area (Å²) in [4.78, 5) is 12.5. The summed E-state index contributed by atoms with van der Waals surface area (Å²) in [6.07, 6.45) is 2.38. The summed E-state index contributed by atoms with van der Waals surface area (Å²) in [6.45, 7) is 12.8. The molecule has 2 N–H and O–H groups in total. The summed E-state index contributed by atoms with van der Waals surface area (Å²) in [5, 5.41) is 6.83. The minimum atomic E-state index is 0.758. The van der Waals surface area contributed by atoms with Crippen LogP contribution in [0.4, 0.5) is 0 Å². The van der Waals surface area contributed by atoms with Crippen molar-refractivity contribution in [2.45, 2.75) is 33.2 Å². The van der Waals surface area contributed by atoms with Crippen molar-refractivity contribution >= 4 is 17.3 Å². The van der Waals surface area contributed by atoms with Crippen LogP contribution in [0.25, 0.3) is 0 Å². The summed E-state index contributed by atoms with van der Waals surface area (Å²) in [5.41, 5.74) is 0. The second kappa shape index (κ2) is 10.7. The molecule has 1 aliphatic heterocycles. The van der Waals surface area contributed by atoms with Crippen LogP contribution in [0.1, 0.15) is 30.0 Å². The topological polar surface area (TPSA) is 42.9 Å². The molecule has 0 aliphatic carbocycles. The van der Waals surface area contributed by atoms with E-state index in [0.29, 0.717) is 0 Å². The van der Waals surface area contributed by atoms with Gasteiger partial charge in [-0.3, -0.25) is 0 Å². The van der Waals surface area contributed by atoms with Crippen LogP contribution in [-0.2, 0) is 13.0 Å². The number of hydrogen-bond acceptors (Lipinski definition) is 4. The van der Waals surface area contributed by atoms with Crippen molar-refractivity contribution in [1.29, 1.82) is 0 Å². The quantitative estimate of drug-likeness (QED) is 0.582. The highest BCUT2D eigenvalue weighted by Crippen LogP contribution is 2.17. The first-order valence-corrected chi connectivity index (χ1v) is 10.0. The standard InChI is InChI=1S/C18H33N5S/c1-4-16-7-8-17(24-16)15-21-18(19-5-2)20-9-12-23-11-6-10-22(3)13-14-23/h7-8H,4-6,9-15H2,1-3H3,(H2,19,20,21). The minimum Gasteiger partial charge on any atom is -0.357 e. The van der Waals surface area contributed by atoms with Crippen LogP contribution < -0.4 is 10.6 Å². The van der Waals surface area contributed by atoms with E-state index in [9.17, 15) is 0 Å². The molecule has 2 heterocycles. The van der Waals surface area contributed by atoms with Gasteiger partial charge in [0.25, 0.3) is 0 Å². The Balaban J connectivity index is 1.76. The molecular formula is C18H33N5S. The Morgan fingerprint density at radius 1 is 1.12 bits per heavy atom. The van der Waals surface area contributed by atoms with Crippen molar-refractivity contribution in [3.63, 3.8) is 0 Å². The molecular weight excluding hydrogens is 318 g/mol. The average molecular weight is 352 g/mol. The van der Waals surface area contributed by atoms with Crippen molar-refractivity contribution in [3.8, 4) is 0 Å². The largest absolute Gasteiger partial charge is 0.357 e. The lowest BCUT2D eigenvalue weighted by atomic mass is 10.4. The molecule has 1 aromatic rings. The van der Waals surface area contributed by atoms with Crippen LogP contribution in [0.2, 0.25) is 0 Å². The van der Waals surface area contributed by atoms with Crippen molar-refractivity contribution in [2.24, 2.45) is 4.99 Å². The third kappa shape index (κ3) is 6.79. The lowest BCUT2D eigenvalue weighted by Gasteiger charge is -2.21. The first-order chi connectivity index (χ1) is 11.7. The molecule has 1 aromatic heterocycles. The highest BCUT2D eigenvalue weighted by atomic mass is 32.1. The predicted molar refractivity (Wildman–Crippen MR) is 105 cm³/mol. The Morgan fingerprint density at radius 2 is 1.96 bits per heavy atom. The number of likely N-dealkylation sites (N-methyl/N-ethyl adjacent to an activating group) is 1. The Kier molecular flexibility index (Phi) is 8.56. The van der Waals surface area contributed by atoms with Crippen molar-refractivity contribution in [1.82, 2.24) is 20.4 Å². The maximum absolute atomic E-state index is 4.72. The number of guanidine groups is 1. The third-order valence-electron chi connectivity index (χ3n) is 4.34. The number of nitrogens with zero attached hydrogens (tertiary/aromatic N) is 3. The number of hydrogen-bond donors (Lipinski definition) is 2. The zero-order chi connectivity index (χ0) is 17.2. The lowest BCUT2D eigenvalue weighted by molar-refractivity contribution is 0.280. The van der Waals surface area contributed by atoms with E-state index in [2.05, 4.69) is 53.5 Å². The molecule has 0 aromatic carbocycles. The number of rotatable bonds is 7. The molecule has 1 aliphatic rings. The molecule has 1 saturated heterocycles. The molecule has 136 valence electrons. The molecule has 0 unspecified atom stereocenters. The second-order valence-corrected chi connectivity index (χ2v) is 7.59. The number of thiophene rings is 1. The van der Waals surface area contributed by atoms with Gasteiger partial charge in [-0.25, -0.2) is 4.99 Å². The molecule has 0 saturated carbocycles. The maximum Gasteiger partial charge on any atom is 0.191 e. The molecule has 0 bridgehead atoms. The monoisotopic (exact) mass is 351 g/mol. The fourth-order valence-electron chi connectivity index (χ4n) is 2.85. The van der Waals surface area contributed by atoms with Gasteiger partial charge in [-0.2, -0.15) is 0 Å². The van der Waals surface area contributed by atoms with Gasteiger partial charge in [0, 0.05) is 42.5 Å². The minimum absolute atomic E-state index is 0.758. The van der Waals surface area contributed by atoms with Crippen molar-refractivity contribution in [2.75, 3.05) is 52.9 Å². The van der Waals surface area contributed by atoms with E-state index in [1.165, 1.54) is 42.4 Å². The van der Waals surface area contributed by atoms with Gasteiger partial charge in [0.15, 0.2) is 5.96 Å². The summed E-state index contributed by atoms with van der Waals surface area (Å²) in [6, 6.07) is 4.41. The molecule has 24 heavy (non-hydrogen) atoms. The van der Waals surface area contributed by atoms with E-state index in [1.54, 1.807) is 0 Å². The van der Waals surface area contributed by atoms with Gasteiger partial charge in [0.05, 0.1) is 6.54 Å². The molecule has 5 nitrogen and oxygen atoms in total. The lowest BCUT2D eigenvalue weighted by Crippen LogP contribution is -2.42. The molecule has 6 heteroatoms. The van der Waals surface area contributed by atoms with Gasteiger partial charge in [-0.1, -0.05) is 6.92 Å². The first kappa shape index (κ1) is 19.2. The summed E-state index contributed by atoms with van der Waals surface area (Å²) in [5.74, 6) is 0.927. The van der Waals surface area contributed by atoms with E-state index in [0.717, 1.165) is 38.6 Å². The van der Waals surface area contributed by atoms with Gasteiger partial charge in [-0.15, -0.1) is 11.3 Å². The fraction of sp³-hybridized carbons (Fsp3) is 0.722. The maximum atomic E-state index is 4.72. The number of aryl methyl sites for hydroxylation is 1. The Hall–Kier alpha value is -1.11. The van der Waals surface area contributed by atoms with E-state index in [-0.39, 0.29) is 0 Å². The molecule has 1 fully saturated rings. The number of aliphatic imine (C=N–C) groups is 1. The summed E-state index contributed by atoms with van der Waals surface area (Å²) >= 11 is 1.87. The highest BCUT2D eigenvalue weighted by Gasteiger charge is 2.11. The Morgan fingerprint density at radius 3 is 2.71 bits per heavy atom. The first-order valence-electron chi connectivity index (χ1n) is 9.22. The number of nitrogens with one attached hydrogen (secondary N) is 2. The second-order valence-electron chi connectivity index (χ2n) is 6.34. The zero-order valence-electron chi connectivity index (χ0n) is 15.5. The van der Waals surface area contributed by atoms with Gasteiger partial charge >= 0.3 is 0 Å². The SMILES string of the molecule is CCNC(=NCc1ccc(CC)s1)NCCN1CCCN(C)CC1. The molecule has 0 amide bonds. The van der Waals surface area contributed by atoms with Crippen LogP contribution >= 0.6 is 11.3 Å². The van der Waals surface area contributed by atoms with Gasteiger partial charge in [0.1, 0.15) is 0 Å². The zero-order valence-corrected chi connectivity index (χ0v) is 16.3. The normalized spacial score (nSPS) is 17.7. The van der Waals surface area contributed by atoms with Gasteiger partial charge in [0.2, 0.25) is 0 Å². The fourth-order valence-corrected chi connectivity index (χ4v) is 3.73. The highest BCUT2D eigenvalue weighted by molar-refractivity contribution is 7.11. The third-order valence-corrected chi connectivity index (χ3v) is 5.55. The average Bonchev–Trinajstić information content (AvgIpc) is 2.95. The van der Waals surface area contributed by atoms with Crippen LogP contribution in [-0.4, -0.2) is 68.6 Å². The van der Waals surface area contributed by atoms with E-state index < -0.39 is 0 Å². The van der Waals surface area contributed by atoms with Crippen molar-refractivity contribution in [3.05, 3.63) is 21.9 Å². The molecule has 0 atom stereocenters. The van der Waals surface area contributed by atoms with Crippen LogP contribution in [0, 0.1) is 0 Å². The smallest absolute Gasteiger partial charge is 0.191 e. The Labute approximate surface area is 151 Å². The Bertz CT molecular complexity index is 499. The van der Waals surface area contributed by atoms with Crippen molar-refractivity contribution < 1.29 is 0 Å². The summed E-state index contributed by atoms with van der Waals surface area (Å²) in [7, 11) is 2.21. The van der Waals surface area contributed by atoms with Gasteiger partial charge in [-0.05, 0) is 52.0 Å². The molecule has 0 spiro atoms. The van der Waals surface area contributed by atoms with Crippen LogP contribution in [0.5, 0.6) is 0 Å². The predicted octanol–water partition coefficient (Wildman–Crippen LogP) is 2.00.